The lowest BCUT2D eigenvalue weighted by Crippen LogP contribution is -2.38. The molecule has 1 atom stereocenters. The van der Waals surface area contributed by atoms with E-state index in [9.17, 15) is 0 Å². The molecule has 1 aromatic carbocycles. The van der Waals surface area contributed by atoms with Crippen LogP contribution in [0.5, 0.6) is 0 Å². The summed E-state index contributed by atoms with van der Waals surface area (Å²) in [5.41, 5.74) is 10.4. The number of rotatable bonds is 2. The summed E-state index contributed by atoms with van der Waals surface area (Å²) in [5.74, 6) is 0. The van der Waals surface area contributed by atoms with E-state index in [1.165, 1.54) is 34.5 Å². The molecular formula is C17H22N2S. The Morgan fingerprint density at radius 2 is 2.10 bits per heavy atom. The molecule has 0 saturated heterocycles. The molecular weight excluding hydrogens is 264 g/mol. The van der Waals surface area contributed by atoms with E-state index in [0.717, 1.165) is 24.3 Å². The number of nitrogens with zero attached hydrogens (tertiary/aromatic N) is 1. The first-order valence-corrected chi connectivity index (χ1v) is 8.31. The van der Waals surface area contributed by atoms with Crippen LogP contribution >= 0.6 is 11.3 Å². The lowest BCUT2D eigenvalue weighted by Gasteiger charge is -2.28. The van der Waals surface area contributed by atoms with Crippen molar-refractivity contribution in [2.75, 3.05) is 0 Å². The number of benzene rings is 1. The van der Waals surface area contributed by atoms with Crippen LogP contribution in [0.3, 0.4) is 0 Å². The second-order valence-corrected chi connectivity index (χ2v) is 6.91. The Balaban J connectivity index is 2.14. The summed E-state index contributed by atoms with van der Waals surface area (Å²) >= 11 is 1.78. The van der Waals surface area contributed by atoms with Crippen molar-refractivity contribution in [1.29, 1.82) is 0 Å². The average molecular weight is 286 g/mol. The summed E-state index contributed by atoms with van der Waals surface area (Å²) in [6.07, 6.45) is 5.52. The maximum Gasteiger partial charge on any atom is 0.118 e. The smallest absolute Gasteiger partial charge is 0.118 e. The first kappa shape index (κ1) is 13.8. The first-order valence-electron chi connectivity index (χ1n) is 7.49. The van der Waals surface area contributed by atoms with Crippen LogP contribution in [0.2, 0.25) is 0 Å². The Morgan fingerprint density at radius 1 is 1.30 bits per heavy atom. The number of nitrogens with two attached hydrogens (primary N) is 1. The number of aryl methyl sites for hydroxylation is 3. The fourth-order valence-corrected chi connectivity index (χ4v) is 4.34. The van der Waals surface area contributed by atoms with Gasteiger partial charge in [0.05, 0.1) is 11.2 Å². The van der Waals surface area contributed by atoms with E-state index in [0.29, 0.717) is 0 Å². The van der Waals surface area contributed by atoms with E-state index in [1.54, 1.807) is 11.3 Å². The van der Waals surface area contributed by atoms with Gasteiger partial charge in [0.1, 0.15) is 5.01 Å². The van der Waals surface area contributed by atoms with Crippen molar-refractivity contribution >= 4 is 11.3 Å². The van der Waals surface area contributed by atoms with Crippen LogP contribution in [-0.2, 0) is 18.4 Å². The average Bonchev–Trinajstić information content (AvgIpc) is 2.76. The molecule has 0 aliphatic heterocycles. The fourth-order valence-electron chi connectivity index (χ4n) is 3.20. The van der Waals surface area contributed by atoms with Gasteiger partial charge < -0.3 is 5.73 Å². The second-order valence-electron chi connectivity index (χ2n) is 5.71. The van der Waals surface area contributed by atoms with Crippen LogP contribution in [0.25, 0.3) is 0 Å². The third-order valence-electron chi connectivity index (χ3n) is 4.37. The van der Waals surface area contributed by atoms with Crippen LogP contribution < -0.4 is 5.73 Å². The summed E-state index contributed by atoms with van der Waals surface area (Å²) in [7, 11) is 0. The van der Waals surface area contributed by atoms with Gasteiger partial charge in [-0.15, -0.1) is 11.3 Å². The van der Waals surface area contributed by atoms with Gasteiger partial charge in [-0.05, 0) is 43.7 Å². The van der Waals surface area contributed by atoms with Crippen molar-refractivity contribution in [3.8, 4) is 0 Å². The highest BCUT2D eigenvalue weighted by molar-refractivity contribution is 7.11. The Bertz CT molecular complexity index is 617. The van der Waals surface area contributed by atoms with E-state index in [2.05, 4.69) is 38.1 Å². The highest BCUT2D eigenvalue weighted by Gasteiger charge is 2.36. The predicted octanol–water partition coefficient (Wildman–Crippen LogP) is 3.94. The third-order valence-corrected chi connectivity index (χ3v) is 5.57. The molecule has 20 heavy (non-hydrogen) atoms. The minimum atomic E-state index is -0.393. The highest BCUT2D eigenvalue weighted by atomic mass is 32.1. The minimum absolute atomic E-state index is 0.393. The zero-order chi connectivity index (χ0) is 14.2. The van der Waals surface area contributed by atoms with Gasteiger partial charge >= 0.3 is 0 Å². The van der Waals surface area contributed by atoms with Gasteiger partial charge in [0.2, 0.25) is 0 Å². The Labute approximate surface area is 125 Å². The molecule has 1 aliphatic rings. The van der Waals surface area contributed by atoms with Crippen molar-refractivity contribution < 1.29 is 0 Å². The van der Waals surface area contributed by atoms with Crippen LogP contribution in [0.1, 0.15) is 52.9 Å². The Hall–Kier alpha value is -1.19. The lowest BCUT2D eigenvalue weighted by molar-refractivity contribution is 0.476. The lowest BCUT2D eigenvalue weighted by atomic mass is 9.86. The molecule has 2 nitrogen and oxygen atoms in total. The molecule has 0 radical (unpaired) electrons. The van der Waals surface area contributed by atoms with Gasteiger partial charge in [-0.3, -0.25) is 0 Å². The third kappa shape index (κ3) is 2.19. The molecule has 2 N–H and O–H groups in total. The van der Waals surface area contributed by atoms with E-state index < -0.39 is 5.54 Å². The van der Waals surface area contributed by atoms with Crippen molar-refractivity contribution in [3.05, 3.63) is 51.0 Å². The van der Waals surface area contributed by atoms with E-state index in [-0.39, 0.29) is 0 Å². The highest BCUT2D eigenvalue weighted by Crippen LogP contribution is 2.39. The monoisotopic (exact) mass is 286 g/mol. The molecule has 0 saturated carbocycles. The van der Waals surface area contributed by atoms with Gasteiger partial charge in [-0.25, -0.2) is 4.98 Å². The molecule has 0 bridgehead atoms. The molecule has 1 heterocycles. The number of hydrogen-bond acceptors (Lipinski definition) is 3. The number of hydrogen-bond donors (Lipinski definition) is 1. The van der Waals surface area contributed by atoms with Gasteiger partial charge in [-0.1, -0.05) is 37.6 Å². The van der Waals surface area contributed by atoms with E-state index >= 15 is 0 Å². The predicted molar refractivity (Wildman–Crippen MR) is 85.2 cm³/mol. The zero-order valence-corrected chi connectivity index (χ0v) is 13.1. The SMILES string of the molecule is CCc1nc(C2(N)CCCCc3ccccc32)sc1C. The van der Waals surface area contributed by atoms with Gasteiger partial charge in [0, 0.05) is 4.88 Å². The molecule has 0 spiro atoms. The first-order chi connectivity index (χ1) is 9.65. The molecule has 1 aliphatic carbocycles. The van der Waals surface area contributed by atoms with E-state index in [1.807, 2.05) is 0 Å². The summed E-state index contributed by atoms with van der Waals surface area (Å²) in [6.45, 7) is 4.32. The number of fused-ring (bicyclic) bond motifs is 1. The minimum Gasteiger partial charge on any atom is -0.316 e. The topological polar surface area (TPSA) is 38.9 Å². The van der Waals surface area contributed by atoms with Crippen LogP contribution in [0.4, 0.5) is 0 Å². The van der Waals surface area contributed by atoms with Crippen LogP contribution in [0, 0.1) is 6.92 Å². The quantitative estimate of drug-likeness (QED) is 0.849. The second kappa shape index (κ2) is 5.30. The Morgan fingerprint density at radius 3 is 2.85 bits per heavy atom. The zero-order valence-electron chi connectivity index (χ0n) is 12.3. The maximum absolute atomic E-state index is 6.88. The van der Waals surface area contributed by atoms with E-state index in [4.69, 9.17) is 10.7 Å². The van der Waals surface area contributed by atoms with Gasteiger partial charge in [0.25, 0.3) is 0 Å². The van der Waals surface area contributed by atoms with Gasteiger partial charge in [-0.2, -0.15) is 0 Å². The number of thiazole rings is 1. The summed E-state index contributed by atoms with van der Waals surface area (Å²) in [5, 5.41) is 1.10. The summed E-state index contributed by atoms with van der Waals surface area (Å²) in [6, 6.07) is 8.65. The summed E-state index contributed by atoms with van der Waals surface area (Å²) in [4.78, 5) is 6.17. The largest absolute Gasteiger partial charge is 0.316 e. The number of aromatic nitrogens is 1. The molecule has 1 unspecified atom stereocenters. The molecule has 0 fully saturated rings. The van der Waals surface area contributed by atoms with Crippen molar-refractivity contribution in [2.45, 2.75) is 51.5 Å². The molecule has 106 valence electrons. The van der Waals surface area contributed by atoms with Crippen molar-refractivity contribution in [3.63, 3.8) is 0 Å². The fraction of sp³-hybridized carbons (Fsp3) is 0.471. The van der Waals surface area contributed by atoms with Gasteiger partial charge in [0.15, 0.2) is 0 Å². The molecule has 0 amide bonds. The normalized spacial score (nSPS) is 22.4. The maximum atomic E-state index is 6.88. The van der Waals surface area contributed by atoms with Crippen LogP contribution in [0.15, 0.2) is 24.3 Å². The molecule has 2 aromatic rings. The van der Waals surface area contributed by atoms with Crippen LogP contribution in [-0.4, -0.2) is 4.98 Å². The molecule has 3 heteroatoms. The Kier molecular flexibility index (Phi) is 3.65. The van der Waals surface area contributed by atoms with Crippen molar-refractivity contribution in [1.82, 2.24) is 4.98 Å². The molecule has 3 rings (SSSR count). The van der Waals surface area contributed by atoms with Crippen molar-refractivity contribution in [2.24, 2.45) is 5.73 Å². The standard InChI is InChI=1S/C17H22N2S/c1-3-15-12(2)20-16(19-15)17(18)11-7-6-9-13-8-4-5-10-14(13)17/h4-5,8,10H,3,6-7,9,11,18H2,1-2H3. The summed E-state index contributed by atoms with van der Waals surface area (Å²) < 4.78 is 0. The molecule has 1 aromatic heterocycles.